The number of aromatic nitrogens is 2. The summed E-state index contributed by atoms with van der Waals surface area (Å²) in [5.41, 5.74) is 18.6. The van der Waals surface area contributed by atoms with Crippen molar-refractivity contribution in [3.8, 4) is 0 Å². The molecule has 0 radical (unpaired) electrons. The molecule has 7 rings (SSSR count). The Balaban J connectivity index is 0.000000224. The number of benzene rings is 5. The van der Waals surface area contributed by atoms with Crippen LogP contribution in [0.2, 0.25) is 0 Å². The monoisotopic (exact) mass is 935 g/mol. The van der Waals surface area contributed by atoms with Crippen LogP contribution in [-0.4, -0.2) is 46.9 Å². The fraction of sp³-hybridized carbons (Fsp3) is 0.231. The topological polar surface area (TPSA) is 192 Å². The Labute approximate surface area is 400 Å². The van der Waals surface area contributed by atoms with Crippen molar-refractivity contribution in [3.63, 3.8) is 0 Å². The maximum Gasteiger partial charge on any atom is 0.325 e. The molecule has 0 fully saturated rings. The van der Waals surface area contributed by atoms with Gasteiger partial charge < -0.3 is 27.0 Å². The maximum absolute atomic E-state index is 13.0. The lowest BCUT2D eigenvalue weighted by atomic mass is 9.91. The van der Waals surface area contributed by atoms with Crippen LogP contribution >= 0.6 is 22.7 Å². The van der Waals surface area contributed by atoms with Crippen LogP contribution < -0.4 is 37.6 Å². The summed E-state index contributed by atoms with van der Waals surface area (Å²) in [5.74, 6) is -0.466. The summed E-state index contributed by atoms with van der Waals surface area (Å²) in [7, 11) is 0. The van der Waals surface area contributed by atoms with Crippen LogP contribution in [0, 0.1) is 55.4 Å². The molecule has 2 aromatic heterocycles. The van der Waals surface area contributed by atoms with Crippen molar-refractivity contribution in [2.45, 2.75) is 67.7 Å². The minimum atomic E-state index is -0.421. The Morgan fingerprint density at radius 1 is 0.537 bits per heavy atom. The van der Waals surface area contributed by atoms with Crippen molar-refractivity contribution in [1.82, 2.24) is 15.3 Å². The molecule has 0 saturated carbocycles. The normalized spacial score (nSPS) is 10.7. The van der Waals surface area contributed by atoms with Crippen LogP contribution in [-0.2, 0) is 6.42 Å². The molecule has 15 heteroatoms. The van der Waals surface area contributed by atoms with Gasteiger partial charge in [-0.2, -0.15) is 0 Å². The van der Waals surface area contributed by atoms with Crippen LogP contribution in [0.3, 0.4) is 0 Å². The van der Waals surface area contributed by atoms with E-state index in [0.717, 1.165) is 84.1 Å². The molecule has 67 heavy (non-hydrogen) atoms. The predicted molar refractivity (Wildman–Crippen MR) is 275 cm³/mol. The zero-order chi connectivity index (χ0) is 48.2. The highest BCUT2D eigenvalue weighted by Crippen LogP contribution is 2.30. The molecule has 0 aliphatic heterocycles. The highest BCUT2D eigenvalue weighted by Gasteiger charge is 2.21. The molecule has 0 unspecified atom stereocenters. The quantitative estimate of drug-likeness (QED) is 0.0598. The van der Waals surface area contributed by atoms with Gasteiger partial charge in [0.25, 0.3) is 11.8 Å². The summed E-state index contributed by atoms with van der Waals surface area (Å²) in [6.45, 7) is 16.4. The largest absolute Gasteiger partial charge is 0.337 e. The first-order chi connectivity index (χ1) is 32.1. The third-order valence-electron chi connectivity index (χ3n) is 10.8. The molecular weight excluding hydrogens is 879 g/mol. The maximum atomic E-state index is 13.0. The average molecular weight is 936 g/mol. The van der Waals surface area contributed by atoms with Crippen molar-refractivity contribution >= 4 is 73.9 Å². The van der Waals surface area contributed by atoms with E-state index in [1.165, 1.54) is 0 Å². The number of anilines is 5. The number of nitrogens with zero attached hydrogens (tertiary/aromatic N) is 2. The number of para-hydroxylation sites is 1. The molecule has 8 N–H and O–H groups in total. The summed E-state index contributed by atoms with van der Waals surface area (Å²) >= 11 is 2.30. The molecular formula is C52H57N9O4S2. The van der Waals surface area contributed by atoms with Crippen molar-refractivity contribution in [3.05, 3.63) is 180 Å². The lowest BCUT2D eigenvalue weighted by Crippen LogP contribution is -2.32. The second-order valence-corrected chi connectivity index (χ2v) is 18.3. The minimum absolute atomic E-state index is 0.0125. The van der Waals surface area contributed by atoms with E-state index in [1.807, 2.05) is 126 Å². The van der Waals surface area contributed by atoms with Gasteiger partial charge in [0.15, 0.2) is 10.3 Å². The van der Waals surface area contributed by atoms with Crippen LogP contribution in [0.5, 0.6) is 0 Å². The van der Waals surface area contributed by atoms with Crippen LogP contribution in [0.25, 0.3) is 0 Å². The van der Waals surface area contributed by atoms with Gasteiger partial charge in [0, 0.05) is 29.5 Å². The second-order valence-electron chi connectivity index (χ2n) is 16.3. The van der Waals surface area contributed by atoms with Crippen molar-refractivity contribution < 1.29 is 19.2 Å². The lowest BCUT2D eigenvalue weighted by Gasteiger charge is -2.18. The molecule has 5 aromatic carbocycles. The minimum Gasteiger partial charge on any atom is -0.337 e. The van der Waals surface area contributed by atoms with E-state index >= 15 is 0 Å². The van der Waals surface area contributed by atoms with Gasteiger partial charge in [0.05, 0.1) is 11.4 Å². The standard InChI is InChI=1S/C29H30N4O2S.C23H27N5O2S/c1-18-15-19(2)25(20(3)16-18)32-27(34)26-21(4)31-29(36-26)33-28(35)30-17-24(22-11-7-5-8-12-22)23-13-9-6-10-14-23;1-13-11-14(2)19(15(3)12-13)27-21(29)20-16(4)25-23(31-20)28-22(30)26-18-8-6-5-7-17(18)9-10-24/h5-16,24H,17H2,1-4H3,(H,32,34)(H2,30,31,33,35);5-8,11-12H,9-10,24H2,1-4H3,(H,27,29)(H2,25,26,28,30). The van der Waals surface area contributed by atoms with E-state index in [9.17, 15) is 19.2 Å². The summed E-state index contributed by atoms with van der Waals surface area (Å²) < 4.78 is 0. The average Bonchev–Trinajstić information content (AvgIpc) is 3.85. The van der Waals surface area contributed by atoms with Gasteiger partial charge in [0.1, 0.15) is 9.75 Å². The number of aryl methyl sites for hydroxylation is 8. The first-order valence-corrected chi connectivity index (χ1v) is 23.5. The third kappa shape index (κ3) is 13.2. The number of hydrogen-bond acceptors (Lipinski definition) is 9. The molecule has 0 bridgehead atoms. The van der Waals surface area contributed by atoms with E-state index in [2.05, 4.69) is 66.1 Å². The molecule has 0 spiro atoms. The summed E-state index contributed by atoms with van der Waals surface area (Å²) in [6.07, 6.45) is 0.662. The Morgan fingerprint density at radius 3 is 1.40 bits per heavy atom. The zero-order valence-electron chi connectivity index (χ0n) is 39.0. The van der Waals surface area contributed by atoms with Crippen molar-refractivity contribution in [2.75, 3.05) is 39.7 Å². The van der Waals surface area contributed by atoms with E-state index in [0.29, 0.717) is 56.6 Å². The van der Waals surface area contributed by atoms with E-state index in [4.69, 9.17) is 5.73 Å². The number of hydrogen-bond donors (Lipinski definition) is 7. The van der Waals surface area contributed by atoms with Gasteiger partial charge in [-0.3, -0.25) is 20.2 Å². The van der Waals surface area contributed by atoms with Gasteiger partial charge in [-0.25, -0.2) is 19.6 Å². The van der Waals surface area contributed by atoms with Crippen molar-refractivity contribution in [1.29, 1.82) is 0 Å². The second kappa shape index (κ2) is 22.8. The number of thiazole rings is 2. The third-order valence-corrected chi connectivity index (χ3v) is 13.0. The number of rotatable bonds is 13. The Morgan fingerprint density at radius 2 is 0.955 bits per heavy atom. The molecule has 346 valence electrons. The molecule has 2 heterocycles. The first-order valence-electron chi connectivity index (χ1n) is 21.8. The highest BCUT2D eigenvalue weighted by atomic mass is 32.1. The highest BCUT2D eigenvalue weighted by molar-refractivity contribution is 7.18. The van der Waals surface area contributed by atoms with E-state index in [-0.39, 0.29) is 23.8 Å². The predicted octanol–water partition coefficient (Wildman–Crippen LogP) is 11.4. The number of urea groups is 2. The van der Waals surface area contributed by atoms with Gasteiger partial charge >= 0.3 is 12.1 Å². The number of nitrogens with two attached hydrogens (primary N) is 1. The number of carbonyl (C=O) groups is 4. The van der Waals surface area contributed by atoms with Crippen LogP contribution in [0.1, 0.15) is 86.7 Å². The Hall–Kier alpha value is -7.20. The van der Waals surface area contributed by atoms with Crippen molar-refractivity contribution in [2.24, 2.45) is 5.73 Å². The fourth-order valence-electron chi connectivity index (χ4n) is 7.82. The lowest BCUT2D eigenvalue weighted by molar-refractivity contribution is 0.102. The molecule has 0 aliphatic rings. The Kier molecular flexibility index (Phi) is 16.8. The number of amides is 6. The van der Waals surface area contributed by atoms with E-state index < -0.39 is 6.03 Å². The Bertz CT molecular complexity index is 2790. The summed E-state index contributed by atoms with van der Waals surface area (Å²) in [6, 6.07) is 35.0. The first kappa shape index (κ1) is 49.2. The molecule has 13 nitrogen and oxygen atoms in total. The zero-order valence-corrected chi connectivity index (χ0v) is 40.6. The molecule has 0 aliphatic carbocycles. The molecule has 0 saturated heterocycles. The summed E-state index contributed by atoms with van der Waals surface area (Å²) in [4.78, 5) is 60.7. The number of carbonyl (C=O) groups excluding carboxylic acids is 4. The molecule has 0 atom stereocenters. The van der Waals surface area contributed by atoms with Gasteiger partial charge in [0.2, 0.25) is 0 Å². The van der Waals surface area contributed by atoms with Gasteiger partial charge in [-0.15, -0.1) is 0 Å². The van der Waals surface area contributed by atoms with E-state index in [1.54, 1.807) is 13.8 Å². The number of nitrogens with one attached hydrogen (secondary N) is 6. The van der Waals surface area contributed by atoms with Crippen LogP contribution in [0.15, 0.2) is 109 Å². The van der Waals surface area contributed by atoms with Crippen LogP contribution in [0.4, 0.5) is 36.9 Å². The smallest absolute Gasteiger partial charge is 0.325 e. The summed E-state index contributed by atoms with van der Waals surface area (Å²) in [5, 5.41) is 18.0. The molecule has 6 amide bonds. The van der Waals surface area contributed by atoms with Gasteiger partial charge in [-0.05, 0) is 113 Å². The SMILES string of the molecule is Cc1cc(C)c(NC(=O)c2sc(NC(=O)NCC(c3ccccc3)c3ccccc3)nc2C)c(C)c1.Cc1cc(C)c(NC(=O)c2sc(NC(=O)Nc3ccccc3CCN)nc2C)c(C)c1. The fourth-order valence-corrected chi connectivity index (χ4v) is 9.53. The molecule has 7 aromatic rings. The van der Waals surface area contributed by atoms with Gasteiger partial charge in [-0.1, -0.05) is 137 Å².